The first kappa shape index (κ1) is 13.4. The summed E-state index contributed by atoms with van der Waals surface area (Å²) in [5.74, 6) is 0.757. The highest BCUT2D eigenvalue weighted by Crippen LogP contribution is 2.36. The Morgan fingerprint density at radius 2 is 1.89 bits per heavy atom. The average Bonchev–Trinajstić information content (AvgIpc) is 3.16. The van der Waals surface area contributed by atoms with E-state index in [4.69, 9.17) is 9.47 Å². The topological polar surface area (TPSA) is 35.5 Å². The Morgan fingerprint density at radius 3 is 2.33 bits per heavy atom. The maximum absolute atomic E-state index is 11.7. The quantitative estimate of drug-likeness (QED) is 0.799. The third kappa shape index (κ3) is 2.86. The highest BCUT2D eigenvalue weighted by atomic mass is 79.9. The predicted molar refractivity (Wildman–Crippen MR) is 72.8 cm³/mol. The fraction of sp³-hybridized carbons (Fsp3) is 0.500. The van der Waals surface area contributed by atoms with Gasteiger partial charge in [0.05, 0.1) is 7.11 Å². The van der Waals surface area contributed by atoms with E-state index in [1.165, 1.54) is 7.11 Å². The highest BCUT2D eigenvalue weighted by molar-refractivity contribution is 9.10. The number of carbonyl (C=O) groups is 1. The molecule has 1 unspecified atom stereocenters. The number of methoxy groups -OCH3 is 1. The van der Waals surface area contributed by atoms with E-state index in [-0.39, 0.29) is 5.97 Å². The molecule has 0 aliphatic heterocycles. The number of hydrogen-bond donors (Lipinski definition) is 0. The summed E-state index contributed by atoms with van der Waals surface area (Å²) in [4.78, 5) is 11.7. The maximum Gasteiger partial charge on any atom is 0.347 e. The lowest BCUT2D eigenvalue weighted by Crippen LogP contribution is -2.30. The van der Waals surface area contributed by atoms with E-state index in [1.807, 2.05) is 26.0 Å². The van der Waals surface area contributed by atoms with E-state index in [0.717, 1.165) is 34.2 Å². The average molecular weight is 313 g/mol. The number of ether oxygens (including phenoxy) is 2. The largest absolute Gasteiger partial charge is 0.478 e. The van der Waals surface area contributed by atoms with Crippen LogP contribution in [-0.2, 0) is 9.53 Å². The number of hydrogen-bond acceptors (Lipinski definition) is 3. The van der Waals surface area contributed by atoms with Crippen molar-refractivity contribution in [3.8, 4) is 5.75 Å². The maximum atomic E-state index is 11.7. The molecule has 0 aromatic heterocycles. The van der Waals surface area contributed by atoms with E-state index in [0.29, 0.717) is 5.92 Å². The van der Waals surface area contributed by atoms with Crippen LogP contribution < -0.4 is 4.74 Å². The molecule has 0 saturated heterocycles. The van der Waals surface area contributed by atoms with Gasteiger partial charge in [-0.1, -0.05) is 15.9 Å². The molecular weight excluding hydrogens is 296 g/mol. The molecule has 0 N–H and O–H groups in total. The van der Waals surface area contributed by atoms with Crippen molar-refractivity contribution in [2.24, 2.45) is 5.92 Å². The molecular formula is C14H17BrO3. The van der Waals surface area contributed by atoms with Crippen LogP contribution in [0.2, 0.25) is 0 Å². The minimum Gasteiger partial charge on any atom is -0.478 e. The van der Waals surface area contributed by atoms with Gasteiger partial charge in [0.2, 0.25) is 0 Å². The van der Waals surface area contributed by atoms with Gasteiger partial charge in [-0.05, 0) is 49.9 Å². The van der Waals surface area contributed by atoms with Crippen molar-refractivity contribution in [2.45, 2.75) is 32.8 Å². The number of esters is 1. The molecule has 18 heavy (non-hydrogen) atoms. The second kappa shape index (κ2) is 5.31. The van der Waals surface area contributed by atoms with Crippen LogP contribution in [0.15, 0.2) is 16.6 Å². The number of carbonyl (C=O) groups excluding carboxylic acids is 1. The van der Waals surface area contributed by atoms with Gasteiger partial charge in [-0.2, -0.15) is 0 Å². The molecule has 0 amide bonds. The fourth-order valence-electron chi connectivity index (χ4n) is 1.97. The van der Waals surface area contributed by atoms with Crippen molar-refractivity contribution in [3.05, 3.63) is 27.7 Å². The molecule has 0 spiro atoms. The summed E-state index contributed by atoms with van der Waals surface area (Å²) in [6.07, 6.45) is 1.61. The number of aryl methyl sites for hydroxylation is 2. The third-order valence-electron chi connectivity index (χ3n) is 3.16. The first-order valence-corrected chi connectivity index (χ1v) is 6.83. The lowest BCUT2D eigenvalue weighted by molar-refractivity contribution is -0.149. The molecule has 0 bridgehead atoms. The molecule has 1 aliphatic carbocycles. The Hall–Kier alpha value is -1.03. The van der Waals surface area contributed by atoms with Gasteiger partial charge in [-0.25, -0.2) is 4.79 Å². The van der Waals surface area contributed by atoms with Gasteiger partial charge in [-0.3, -0.25) is 0 Å². The molecule has 1 aromatic carbocycles. The molecule has 2 rings (SSSR count). The van der Waals surface area contributed by atoms with Crippen molar-refractivity contribution >= 4 is 21.9 Å². The van der Waals surface area contributed by atoms with Gasteiger partial charge in [0.15, 0.2) is 6.10 Å². The van der Waals surface area contributed by atoms with Crippen LogP contribution in [0.25, 0.3) is 0 Å². The van der Waals surface area contributed by atoms with Gasteiger partial charge in [-0.15, -0.1) is 0 Å². The Balaban J connectivity index is 2.18. The standard InChI is InChI=1S/C14H17BrO3/c1-8-6-11(7-9(2)12(8)15)18-13(10-4-5-10)14(16)17-3/h6-7,10,13H,4-5H2,1-3H3. The molecule has 0 heterocycles. The molecule has 1 atom stereocenters. The summed E-state index contributed by atoms with van der Waals surface area (Å²) < 4.78 is 11.7. The Bertz CT molecular complexity index is 443. The molecule has 0 radical (unpaired) electrons. The number of halogens is 1. The van der Waals surface area contributed by atoms with E-state index in [9.17, 15) is 4.79 Å². The Morgan fingerprint density at radius 1 is 1.33 bits per heavy atom. The van der Waals surface area contributed by atoms with Gasteiger partial charge in [0.25, 0.3) is 0 Å². The zero-order valence-electron chi connectivity index (χ0n) is 10.8. The predicted octanol–water partition coefficient (Wildman–Crippen LogP) is 3.40. The van der Waals surface area contributed by atoms with E-state index in [1.54, 1.807) is 0 Å². The smallest absolute Gasteiger partial charge is 0.347 e. The van der Waals surface area contributed by atoms with Gasteiger partial charge in [0.1, 0.15) is 5.75 Å². The Labute approximate surface area is 116 Å². The second-order valence-corrected chi connectivity index (χ2v) is 5.56. The summed E-state index contributed by atoms with van der Waals surface area (Å²) >= 11 is 3.52. The van der Waals surface area contributed by atoms with E-state index >= 15 is 0 Å². The lowest BCUT2D eigenvalue weighted by Gasteiger charge is -2.17. The second-order valence-electron chi connectivity index (χ2n) is 4.77. The summed E-state index contributed by atoms with van der Waals surface area (Å²) in [5, 5.41) is 0. The van der Waals surface area contributed by atoms with Crippen LogP contribution in [0.3, 0.4) is 0 Å². The zero-order valence-corrected chi connectivity index (χ0v) is 12.4. The summed E-state index contributed by atoms with van der Waals surface area (Å²) in [6, 6.07) is 3.88. The molecule has 1 aliphatic rings. The lowest BCUT2D eigenvalue weighted by atomic mass is 10.1. The zero-order chi connectivity index (χ0) is 13.3. The molecule has 1 saturated carbocycles. The van der Waals surface area contributed by atoms with Crippen LogP contribution >= 0.6 is 15.9 Å². The van der Waals surface area contributed by atoms with Crippen molar-refractivity contribution in [1.82, 2.24) is 0 Å². The first-order chi connectivity index (χ1) is 8.52. The SMILES string of the molecule is COC(=O)C(Oc1cc(C)c(Br)c(C)c1)C1CC1. The molecule has 1 fully saturated rings. The van der Waals surface area contributed by atoms with Crippen LogP contribution in [0, 0.1) is 19.8 Å². The normalized spacial score (nSPS) is 16.2. The van der Waals surface area contributed by atoms with Crippen LogP contribution in [0.4, 0.5) is 0 Å². The van der Waals surface area contributed by atoms with Crippen LogP contribution in [0.5, 0.6) is 5.75 Å². The fourth-order valence-corrected chi connectivity index (χ4v) is 2.20. The molecule has 3 nitrogen and oxygen atoms in total. The third-order valence-corrected chi connectivity index (χ3v) is 4.41. The van der Waals surface area contributed by atoms with Crippen molar-refractivity contribution in [3.63, 3.8) is 0 Å². The van der Waals surface area contributed by atoms with Crippen molar-refractivity contribution in [1.29, 1.82) is 0 Å². The van der Waals surface area contributed by atoms with Crippen molar-refractivity contribution in [2.75, 3.05) is 7.11 Å². The monoisotopic (exact) mass is 312 g/mol. The molecule has 1 aromatic rings. The highest BCUT2D eigenvalue weighted by Gasteiger charge is 2.39. The van der Waals surface area contributed by atoms with Crippen molar-refractivity contribution < 1.29 is 14.3 Å². The van der Waals surface area contributed by atoms with Gasteiger partial charge in [0, 0.05) is 10.4 Å². The van der Waals surface area contributed by atoms with E-state index < -0.39 is 6.10 Å². The Kier molecular flexibility index (Phi) is 3.95. The summed E-state index contributed by atoms with van der Waals surface area (Å²) in [7, 11) is 1.40. The molecule has 4 heteroatoms. The number of rotatable bonds is 4. The minimum absolute atomic E-state index is 0.282. The minimum atomic E-state index is -0.463. The molecule has 98 valence electrons. The van der Waals surface area contributed by atoms with Crippen LogP contribution in [0.1, 0.15) is 24.0 Å². The summed E-state index contributed by atoms with van der Waals surface area (Å²) in [6.45, 7) is 4.02. The summed E-state index contributed by atoms with van der Waals surface area (Å²) in [5.41, 5.74) is 2.20. The van der Waals surface area contributed by atoms with Gasteiger partial charge >= 0.3 is 5.97 Å². The number of benzene rings is 1. The first-order valence-electron chi connectivity index (χ1n) is 6.04. The van der Waals surface area contributed by atoms with Crippen LogP contribution in [-0.4, -0.2) is 19.2 Å². The van der Waals surface area contributed by atoms with E-state index in [2.05, 4.69) is 15.9 Å². The van der Waals surface area contributed by atoms with Gasteiger partial charge < -0.3 is 9.47 Å².